The van der Waals surface area contributed by atoms with Gasteiger partial charge in [-0.2, -0.15) is 0 Å². The number of rotatable bonds is 3. The fourth-order valence-corrected chi connectivity index (χ4v) is 3.36. The Balaban J connectivity index is 1.54. The molecule has 1 unspecified atom stereocenters. The van der Waals surface area contributed by atoms with Crippen LogP contribution in [0.4, 0.5) is 4.79 Å². The van der Waals surface area contributed by atoms with E-state index in [1.165, 1.54) is 19.3 Å². The predicted octanol–water partition coefficient (Wildman–Crippen LogP) is 2.15. The minimum Gasteiger partial charge on any atom is -0.351 e. The lowest BCUT2D eigenvalue weighted by atomic mass is 9.90. The van der Waals surface area contributed by atoms with Gasteiger partial charge in [-0.15, -0.1) is 0 Å². The average Bonchev–Trinajstić information content (AvgIpc) is 2.55. The number of fused-ring (bicyclic) bond motifs is 1. The summed E-state index contributed by atoms with van der Waals surface area (Å²) in [6.07, 6.45) is 5.84. The van der Waals surface area contributed by atoms with Crippen molar-refractivity contribution in [2.45, 2.75) is 44.1 Å². The molecule has 118 valence electrons. The van der Waals surface area contributed by atoms with Crippen molar-refractivity contribution in [2.24, 2.45) is 0 Å². The molecular formula is C17H23N3O2. The van der Waals surface area contributed by atoms with Crippen LogP contribution in [0.1, 0.15) is 53.9 Å². The second kappa shape index (κ2) is 6.81. The molecule has 1 saturated carbocycles. The predicted molar refractivity (Wildman–Crippen MR) is 84.9 cm³/mol. The molecule has 22 heavy (non-hydrogen) atoms. The van der Waals surface area contributed by atoms with Gasteiger partial charge in [0.1, 0.15) is 0 Å². The van der Waals surface area contributed by atoms with E-state index in [9.17, 15) is 9.59 Å². The highest BCUT2D eigenvalue weighted by molar-refractivity contribution is 5.97. The maximum absolute atomic E-state index is 12.0. The lowest BCUT2D eigenvalue weighted by molar-refractivity contribution is 0.0940. The molecule has 1 aromatic carbocycles. The number of carbonyl (C=O) groups is 2. The summed E-state index contributed by atoms with van der Waals surface area (Å²) in [5, 5.41) is 8.89. The molecule has 5 heteroatoms. The van der Waals surface area contributed by atoms with Gasteiger partial charge in [0.15, 0.2) is 0 Å². The fourth-order valence-electron chi connectivity index (χ4n) is 3.36. The molecule has 0 aromatic heterocycles. The zero-order valence-corrected chi connectivity index (χ0v) is 12.7. The van der Waals surface area contributed by atoms with Gasteiger partial charge in [-0.05, 0) is 24.5 Å². The van der Waals surface area contributed by atoms with Gasteiger partial charge in [-0.25, -0.2) is 4.79 Å². The third-order valence-electron chi connectivity index (χ3n) is 4.60. The van der Waals surface area contributed by atoms with Crippen LogP contribution in [-0.4, -0.2) is 31.1 Å². The Morgan fingerprint density at radius 1 is 1.18 bits per heavy atom. The third-order valence-corrected chi connectivity index (χ3v) is 4.60. The first-order valence-corrected chi connectivity index (χ1v) is 8.15. The topological polar surface area (TPSA) is 70.2 Å². The summed E-state index contributed by atoms with van der Waals surface area (Å²) >= 11 is 0. The zero-order chi connectivity index (χ0) is 15.4. The SMILES string of the molecule is O=C(NCC1CNC(=O)c2ccccc21)NC1CCCCC1. The van der Waals surface area contributed by atoms with Gasteiger partial charge < -0.3 is 16.0 Å². The summed E-state index contributed by atoms with van der Waals surface area (Å²) in [5.41, 5.74) is 1.73. The van der Waals surface area contributed by atoms with Gasteiger partial charge in [-0.3, -0.25) is 4.79 Å². The first-order valence-electron chi connectivity index (χ1n) is 8.15. The third kappa shape index (κ3) is 3.40. The molecule has 0 radical (unpaired) electrons. The van der Waals surface area contributed by atoms with Crippen LogP contribution in [0.15, 0.2) is 24.3 Å². The Morgan fingerprint density at radius 2 is 1.95 bits per heavy atom. The monoisotopic (exact) mass is 301 g/mol. The molecule has 0 spiro atoms. The summed E-state index contributed by atoms with van der Waals surface area (Å²) in [6.45, 7) is 1.11. The lowest BCUT2D eigenvalue weighted by Gasteiger charge is -2.27. The van der Waals surface area contributed by atoms with E-state index in [4.69, 9.17) is 0 Å². The van der Waals surface area contributed by atoms with E-state index in [1.54, 1.807) is 0 Å². The number of carbonyl (C=O) groups excluding carboxylic acids is 2. The number of urea groups is 1. The van der Waals surface area contributed by atoms with Crippen LogP contribution >= 0.6 is 0 Å². The Bertz CT molecular complexity index is 553. The molecule has 1 heterocycles. The van der Waals surface area contributed by atoms with Crippen molar-refractivity contribution in [1.82, 2.24) is 16.0 Å². The van der Waals surface area contributed by atoms with Crippen LogP contribution in [0, 0.1) is 0 Å². The number of hydrogen-bond donors (Lipinski definition) is 3. The van der Waals surface area contributed by atoms with Crippen molar-refractivity contribution in [2.75, 3.05) is 13.1 Å². The second-order valence-electron chi connectivity index (χ2n) is 6.18. The van der Waals surface area contributed by atoms with E-state index in [0.29, 0.717) is 24.7 Å². The van der Waals surface area contributed by atoms with Crippen LogP contribution < -0.4 is 16.0 Å². The van der Waals surface area contributed by atoms with Crippen molar-refractivity contribution in [3.63, 3.8) is 0 Å². The van der Waals surface area contributed by atoms with Crippen molar-refractivity contribution in [3.8, 4) is 0 Å². The van der Waals surface area contributed by atoms with Crippen molar-refractivity contribution >= 4 is 11.9 Å². The van der Waals surface area contributed by atoms with E-state index >= 15 is 0 Å². The molecular weight excluding hydrogens is 278 g/mol. The highest BCUT2D eigenvalue weighted by Crippen LogP contribution is 2.23. The van der Waals surface area contributed by atoms with E-state index in [0.717, 1.165) is 18.4 Å². The van der Waals surface area contributed by atoms with Crippen LogP contribution in [0.5, 0.6) is 0 Å². The smallest absolute Gasteiger partial charge is 0.315 e. The van der Waals surface area contributed by atoms with Gasteiger partial charge in [0.2, 0.25) is 0 Å². The molecule has 5 nitrogen and oxygen atoms in total. The van der Waals surface area contributed by atoms with Gasteiger partial charge in [0.05, 0.1) is 0 Å². The number of amides is 3. The first kappa shape index (κ1) is 14.9. The van der Waals surface area contributed by atoms with Crippen LogP contribution in [0.3, 0.4) is 0 Å². The molecule has 1 atom stereocenters. The Kier molecular flexibility index (Phi) is 4.61. The minimum absolute atomic E-state index is 0.0292. The summed E-state index contributed by atoms with van der Waals surface area (Å²) in [7, 11) is 0. The molecule has 1 aromatic rings. The summed E-state index contributed by atoms with van der Waals surface area (Å²) in [5.74, 6) is 0.101. The van der Waals surface area contributed by atoms with Gasteiger partial charge in [0.25, 0.3) is 5.91 Å². The first-order chi connectivity index (χ1) is 10.7. The standard InChI is InChI=1S/C17H23N3O2/c21-16-15-9-5-4-8-14(15)12(10-18-16)11-19-17(22)20-13-6-2-1-3-7-13/h4-5,8-9,12-13H,1-3,6-7,10-11H2,(H,18,21)(H2,19,20,22). The maximum atomic E-state index is 12.0. The normalized spacial score (nSPS) is 21.6. The largest absolute Gasteiger partial charge is 0.351 e. The summed E-state index contributed by atoms with van der Waals surface area (Å²) < 4.78 is 0. The summed E-state index contributed by atoms with van der Waals surface area (Å²) in [6, 6.07) is 7.82. The molecule has 0 bridgehead atoms. The van der Waals surface area contributed by atoms with Crippen LogP contribution in [0.2, 0.25) is 0 Å². The van der Waals surface area contributed by atoms with Crippen LogP contribution in [0.25, 0.3) is 0 Å². The quantitative estimate of drug-likeness (QED) is 0.800. The molecule has 1 fully saturated rings. The molecule has 1 aliphatic heterocycles. The maximum Gasteiger partial charge on any atom is 0.315 e. The molecule has 3 amide bonds. The molecule has 2 aliphatic rings. The van der Waals surface area contributed by atoms with Crippen molar-refractivity contribution < 1.29 is 9.59 Å². The number of nitrogens with one attached hydrogen (secondary N) is 3. The fraction of sp³-hybridized carbons (Fsp3) is 0.529. The number of hydrogen-bond acceptors (Lipinski definition) is 2. The van der Waals surface area contributed by atoms with E-state index in [1.807, 2.05) is 24.3 Å². The Labute approximate surface area is 130 Å². The van der Waals surface area contributed by atoms with Crippen molar-refractivity contribution in [1.29, 1.82) is 0 Å². The van der Waals surface area contributed by atoms with Gasteiger partial charge >= 0.3 is 6.03 Å². The molecule has 3 rings (SSSR count). The van der Waals surface area contributed by atoms with E-state index in [-0.39, 0.29) is 17.9 Å². The molecule has 0 saturated heterocycles. The summed E-state index contributed by atoms with van der Waals surface area (Å²) in [4.78, 5) is 23.8. The Hall–Kier alpha value is -2.04. The average molecular weight is 301 g/mol. The zero-order valence-electron chi connectivity index (χ0n) is 12.7. The van der Waals surface area contributed by atoms with E-state index in [2.05, 4.69) is 16.0 Å². The van der Waals surface area contributed by atoms with Gasteiger partial charge in [-0.1, -0.05) is 37.5 Å². The van der Waals surface area contributed by atoms with Crippen LogP contribution in [-0.2, 0) is 0 Å². The minimum atomic E-state index is -0.0960. The molecule has 3 N–H and O–H groups in total. The van der Waals surface area contributed by atoms with E-state index < -0.39 is 0 Å². The lowest BCUT2D eigenvalue weighted by Crippen LogP contribution is -2.46. The molecule has 1 aliphatic carbocycles. The van der Waals surface area contributed by atoms with Crippen molar-refractivity contribution in [3.05, 3.63) is 35.4 Å². The van der Waals surface area contributed by atoms with Gasteiger partial charge in [0, 0.05) is 30.6 Å². The highest BCUT2D eigenvalue weighted by Gasteiger charge is 2.25. The Morgan fingerprint density at radius 3 is 2.77 bits per heavy atom. The highest BCUT2D eigenvalue weighted by atomic mass is 16.2. The number of benzene rings is 1. The second-order valence-corrected chi connectivity index (χ2v) is 6.18.